The summed E-state index contributed by atoms with van der Waals surface area (Å²) < 4.78 is 6.49. The van der Waals surface area contributed by atoms with Crippen molar-refractivity contribution in [3.05, 3.63) is 34.9 Å². The van der Waals surface area contributed by atoms with E-state index < -0.39 is 0 Å². The molecule has 1 aromatic heterocycles. The van der Waals surface area contributed by atoms with Crippen LogP contribution in [0, 0.1) is 0 Å². The van der Waals surface area contributed by atoms with E-state index in [9.17, 15) is 0 Å². The summed E-state index contributed by atoms with van der Waals surface area (Å²) in [6.45, 7) is 5.51. The van der Waals surface area contributed by atoms with Crippen molar-refractivity contribution in [2.75, 3.05) is 18.5 Å². The highest BCUT2D eigenvalue weighted by molar-refractivity contribution is 9.10. The predicted octanol–water partition coefficient (Wildman–Crippen LogP) is 3.83. The number of ether oxygens (including phenoxy) is 1. The number of hydrogen-bond donors (Lipinski definition) is 1. The molecular formula is C14H17BrN2O. The zero-order valence-electron chi connectivity index (χ0n) is 10.6. The molecule has 0 saturated heterocycles. The van der Waals surface area contributed by atoms with Gasteiger partial charge in [-0.1, -0.05) is 28.1 Å². The fraction of sp³-hybridized carbons (Fsp3) is 0.357. The lowest BCUT2D eigenvalue weighted by Gasteiger charge is -2.16. The number of benzene rings is 1. The Morgan fingerprint density at radius 3 is 2.94 bits per heavy atom. The zero-order valence-corrected chi connectivity index (χ0v) is 12.2. The second-order valence-electron chi connectivity index (χ2n) is 4.20. The van der Waals surface area contributed by atoms with Crippen LogP contribution in [0.25, 0.3) is 10.8 Å². The SMILES string of the molecule is CCOCC(C)Nc1nccc2c(Br)cccc12. The lowest BCUT2D eigenvalue weighted by atomic mass is 10.1. The van der Waals surface area contributed by atoms with Gasteiger partial charge in [-0.3, -0.25) is 0 Å². The summed E-state index contributed by atoms with van der Waals surface area (Å²) in [7, 11) is 0. The van der Waals surface area contributed by atoms with Crippen LogP contribution in [-0.4, -0.2) is 24.2 Å². The number of nitrogens with one attached hydrogen (secondary N) is 1. The number of hydrogen-bond acceptors (Lipinski definition) is 3. The van der Waals surface area contributed by atoms with E-state index in [2.05, 4.69) is 39.2 Å². The van der Waals surface area contributed by atoms with Gasteiger partial charge in [-0.25, -0.2) is 4.98 Å². The third kappa shape index (κ3) is 3.00. The monoisotopic (exact) mass is 308 g/mol. The first kappa shape index (κ1) is 13.3. The highest BCUT2D eigenvalue weighted by atomic mass is 79.9. The lowest BCUT2D eigenvalue weighted by Crippen LogP contribution is -2.22. The molecule has 18 heavy (non-hydrogen) atoms. The van der Waals surface area contributed by atoms with Crippen molar-refractivity contribution in [1.82, 2.24) is 4.98 Å². The molecule has 3 nitrogen and oxygen atoms in total. The molecule has 0 amide bonds. The van der Waals surface area contributed by atoms with Crippen LogP contribution in [0.4, 0.5) is 5.82 Å². The van der Waals surface area contributed by atoms with Gasteiger partial charge in [0.25, 0.3) is 0 Å². The molecule has 0 fully saturated rings. The summed E-state index contributed by atoms with van der Waals surface area (Å²) in [6, 6.07) is 8.38. The Morgan fingerprint density at radius 1 is 1.33 bits per heavy atom. The lowest BCUT2D eigenvalue weighted by molar-refractivity contribution is 0.141. The molecule has 1 unspecified atom stereocenters. The Morgan fingerprint density at radius 2 is 2.17 bits per heavy atom. The summed E-state index contributed by atoms with van der Waals surface area (Å²) in [5.41, 5.74) is 0. The Hall–Kier alpha value is -1.13. The van der Waals surface area contributed by atoms with Crippen molar-refractivity contribution in [2.45, 2.75) is 19.9 Å². The van der Waals surface area contributed by atoms with Gasteiger partial charge in [-0.05, 0) is 26.0 Å². The third-order valence-corrected chi connectivity index (χ3v) is 3.40. The van der Waals surface area contributed by atoms with Gasteiger partial charge in [0.1, 0.15) is 5.82 Å². The number of rotatable bonds is 5. The van der Waals surface area contributed by atoms with E-state index in [0.29, 0.717) is 6.61 Å². The molecule has 0 aliphatic carbocycles. The second kappa shape index (κ2) is 6.16. The van der Waals surface area contributed by atoms with E-state index in [0.717, 1.165) is 22.3 Å². The number of aromatic nitrogens is 1. The van der Waals surface area contributed by atoms with Crippen molar-refractivity contribution in [1.29, 1.82) is 0 Å². The number of nitrogens with zero attached hydrogens (tertiary/aromatic N) is 1. The van der Waals surface area contributed by atoms with E-state index in [1.54, 1.807) is 0 Å². The Bertz CT molecular complexity index is 530. The van der Waals surface area contributed by atoms with E-state index in [4.69, 9.17) is 4.74 Å². The van der Waals surface area contributed by atoms with Crippen LogP contribution in [0.5, 0.6) is 0 Å². The fourth-order valence-electron chi connectivity index (χ4n) is 1.85. The van der Waals surface area contributed by atoms with Crippen molar-refractivity contribution < 1.29 is 4.74 Å². The number of anilines is 1. The molecule has 2 rings (SSSR count). The molecule has 96 valence electrons. The van der Waals surface area contributed by atoms with Crippen LogP contribution in [0.1, 0.15) is 13.8 Å². The molecule has 0 bridgehead atoms. The predicted molar refractivity (Wildman–Crippen MR) is 79.0 cm³/mol. The molecule has 1 aromatic carbocycles. The van der Waals surface area contributed by atoms with Gasteiger partial charge in [-0.15, -0.1) is 0 Å². The van der Waals surface area contributed by atoms with E-state index in [1.807, 2.05) is 31.3 Å². The Kier molecular flexibility index (Phi) is 4.55. The molecule has 0 spiro atoms. The van der Waals surface area contributed by atoms with Gasteiger partial charge in [0.05, 0.1) is 6.61 Å². The molecule has 1 N–H and O–H groups in total. The molecular weight excluding hydrogens is 292 g/mol. The van der Waals surface area contributed by atoms with Gasteiger partial charge >= 0.3 is 0 Å². The average molecular weight is 309 g/mol. The Balaban J connectivity index is 2.25. The maximum Gasteiger partial charge on any atom is 0.134 e. The summed E-state index contributed by atoms with van der Waals surface area (Å²) in [4.78, 5) is 4.41. The van der Waals surface area contributed by atoms with Gasteiger partial charge < -0.3 is 10.1 Å². The maximum absolute atomic E-state index is 5.40. The standard InChI is InChI=1S/C14H17BrN2O/c1-3-18-9-10(2)17-14-12-5-4-6-13(15)11(12)7-8-16-14/h4-8,10H,3,9H2,1-2H3,(H,16,17). The van der Waals surface area contributed by atoms with Gasteiger partial charge in [-0.2, -0.15) is 0 Å². The highest BCUT2D eigenvalue weighted by Gasteiger charge is 2.07. The van der Waals surface area contributed by atoms with E-state index in [-0.39, 0.29) is 6.04 Å². The quantitative estimate of drug-likeness (QED) is 0.911. The first-order valence-corrected chi connectivity index (χ1v) is 6.89. The normalized spacial score (nSPS) is 12.6. The summed E-state index contributed by atoms with van der Waals surface area (Å²) in [5, 5.41) is 5.68. The van der Waals surface area contributed by atoms with Crippen molar-refractivity contribution >= 4 is 32.5 Å². The number of halogens is 1. The molecule has 0 radical (unpaired) electrons. The summed E-state index contributed by atoms with van der Waals surface area (Å²) >= 11 is 3.56. The average Bonchev–Trinajstić information content (AvgIpc) is 2.38. The van der Waals surface area contributed by atoms with Crippen LogP contribution in [0.3, 0.4) is 0 Å². The van der Waals surface area contributed by atoms with E-state index >= 15 is 0 Å². The fourth-order valence-corrected chi connectivity index (χ4v) is 2.35. The smallest absolute Gasteiger partial charge is 0.134 e. The molecule has 2 aromatic rings. The van der Waals surface area contributed by atoms with E-state index in [1.165, 1.54) is 5.39 Å². The highest BCUT2D eigenvalue weighted by Crippen LogP contribution is 2.27. The van der Waals surface area contributed by atoms with Gasteiger partial charge in [0.2, 0.25) is 0 Å². The van der Waals surface area contributed by atoms with Crippen LogP contribution >= 0.6 is 15.9 Å². The molecule has 4 heteroatoms. The number of pyridine rings is 1. The van der Waals surface area contributed by atoms with Crippen LogP contribution < -0.4 is 5.32 Å². The molecule has 1 heterocycles. The molecule has 0 aliphatic rings. The third-order valence-electron chi connectivity index (χ3n) is 2.71. The minimum absolute atomic E-state index is 0.238. The van der Waals surface area contributed by atoms with Crippen molar-refractivity contribution in [3.63, 3.8) is 0 Å². The number of fused-ring (bicyclic) bond motifs is 1. The zero-order chi connectivity index (χ0) is 13.0. The second-order valence-corrected chi connectivity index (χ2v) is 5.05. The van der Waals surface area contributed by atoms with Crippen LogP contribution in [0.15, 0.2) is 34.9 Å². The summed E-state index contributed by atoms with van der Waals surface area (Å²) in [5.74, 6) is 0.904. The summed E-state index contributed by atoms with van der Waals surface area (Å²) in [6.07, 6.45) is 1.82. The van der Waals surface area contributed by atoms with Crippen molar-refractivity contribution in [3.8, 4) is 0 Å². The topological polar surface area (TPSA) is 34.1 Å². The minimum Gasteiger partial charge on any atom is -0.380 e. The van der Waals surface area contributed by atoms with Crippen LogP contribution in [0.2, 0.25) is 0 Å². The first-order valence-electron chi connectivity index (χ1n) is 6.10. The maximum atomic E-state index is 5.40. The minimum atomic E-state index is 0.238. The van der Waals surface area contributed by atoms with Crippen molar-refractivity contribution in [2.24, 2.45) is 0 Å². The molecule has 0 saturated carbocycles. The Labute approximate surface area is 116 Å². The molecule has 0 aliphatic heterocycles. The molecule has 1 atom stereocenters. The van der Waals surface area contributed by atoms with Gasteiger partial charge in [0.15, 0.2) is 0 Å². The van der Waals surface area contributed by atoms with Crippen LogP contribution in [-0.2, 0) is 4.74 Å². The van der Waals surface area contributed by atoms with Gasteiger partial charge in [0, 0.05) is 34.1 Å². The first-order chi connectivity index (χ1) is 8.72. The largest absolute Gasteiger partial charge is 0.380 e.